The topological polar surface area (TPSA) is 126 Å². The van der Waals surface area contributed by atoms with E-state index in [-0.39, 0.29) is 59.1 Å². The van der Waals surface area contributed by atoms with Gasteiger partial charge in [-0.05, 0) is 17.7 Å². The normalized spacial score (nSPS) is 10.9. The summed E-state index contributed by atoms with van der Waals surface area (Å²) >= 11 is 1.37. The molecule has 2 amide bonds. The molecule has 0 spiro atoms. The molecule has 8 nitrogen and oxygen atoms in total. The van der Waals surface area contributed by atoms with E-state index in [0.29, 0.717) is 11.3 Å². The minimum absolute atomic E-state index is 0. The van der Waals surface area contributed by atoms with Gasteiger partial charge in [0.25, 0.3) is 5.56 Å². The monoisotopic (exact) mass is 471 g/mol. The standard InChI is InChI=1S/C21H21N3O5S.2Na/c1-24-10-9-16(25)19(20(24)28)23-21(29)22-15(12-18(26)27)17-8-7-14(30-17)11-13-5-3-2-4-6-13;;/h2-10,15,25H,11-12H2,1H3,(H,26,27)(H2,22,23,29);;/q;2*+1/p-2/t15-;;/m0../s1. The molecular formula is C21H19N3Na2O5S. The van der Waals surface area contributed by atoms with Crippen molar-refractivity contribution in [1.29, 1.82) is 0 Å². The van der Waals surface area contributed by atoms with Crippen LogP contribution >= 0.6 is 11.3 Å². The molecule has 2 N–H and O–H groups in total. The quantitative estimate of drug-likeness (QED) is 0.334. The average Bonchev–Trinajstić information content (AvgIpc) is 3.17. The van der Waals surface area contributed by atoms with Crippen LogP contribution in [0.5, 0.6) is 5.75 Å². The number of aromatic nitrogens is 1. The maximum atomic E-state index is 12.4. The van der Waals surface area contributed by atoms with Crippen LogP contribution in [0.3, 0.4) is 0 Å². The summed E-state index contributed by atoms with van der Waals surface area (Å²) in [6.07, 6.45) is 1.53. The van der Waals surface area contributed by atoms with Crippen LogP contribution in [0.1, 0.15) is 27.8 Å². The summed E-state index contributed by atoms with van der Waals surface area (Å²) in [5.41, 5.74) is 0.0481. The molecule has 1 atom stereocenters. The summed E-state index contributed by atoms with van der Waals surface area (Å²) in [5, 5.41) is 27.8. The van der Waals surface area contributed by atoms with Gasteiger partial charge in [-0.3, -0.25) is 4.79 Å². The number of aliphatic carboxylic acids is 1. The van der Waals surface area contributed by atoms with E-state index in [1.54, 1.807) is 6.07 Å². The molecule has 156 valence electrons. The fraction of sp³-hybridized carbons (Fsp3) is 0.190. The molecule has 3 aromatic rings. The predicted octanol–water partition coefficient (Wildman–Crippen LogP) is -4.88. The Balaban J connectivity index is 0.00000256. The van der Waals surface area contributed by atoms with Crippen molar-refractivity contribution in [3.8, 4) is 5.75 Å². The number of benzene rings is 1. The van der Waals surface area contributed by atoms with Gasteiger partial charge >= 0.3 is 65.1 Å². The molecule has 0 aliphatic rings. The van der Waals surface area contributed by atoms with Gasteiger partial charge in [0.05, 0.1) is 6.04 Å². The molecule has 3 rings (SSSR count). The summed E-state index contributed by atoms with van der Waals surface area (Å²) in [6.45, 7) is 0. The first-order valence-electron chi connectivity index (χ1n) is 9.10. The summed E-state index contributed by atoms with van der Waals surface area (Å²) in [7, 11) is 1.45. The molecule has 0 aliphatic heterocycles. The van der Waals surface area contributed by atoms with E-state index in [9.17, 15) is 24.6 Å². The zero-order valence-corrected chi connectivity index (χ0v) is 22.9. The van der Waals surface area contributed by atoms with E-state index in [1.807, 2.05) is 36.4 Å². The minimum Gasteiger partial charge on any atom is -0.871 e. The first kappa shape index (κ1) is 28.4. The van der Waals surface area contributed by atoms with Crippen LogP contribution in [0, 0.1) is 0 Å². The minimum atomic E-state index is -1.33. The number of thiophene rings is 1. The van der Waals surface area contributed by atoms with E-state index in [0.717, 1.165) is 21.1 Å². The van der Waals surface area contributed by atoms with Gasteiger partial charge in [0.2, 0.25) is 0 Å². The molecular weight excluding hydrogens is 452 g/mol. The van der Waals surface area contributed by atoms with E-state index in [1.165, 1.54) is 24.6 Å². The molecule has 0 fully saturated rings. The average molecular weight is 471 g/mol. The van der Waals surface area contributed by atoms with Crippen LogP contribution in [-0.4, -0.2) is 16.6 Å². The van der Waals surface area contributed by atoms with Crippen molar-refractivity contribution in [2.45, 2.75) is 18.9 Å². The Hall–Kier alpha value is -1.59. The number of urea groups is 1. The number of anilines is 1. The molecule has 0 saturated carbocycles. The molecule has 0 saturated heterocycles. The molecule has 2 heterocycles. The number of rotatable bonds is 7. The van der Waals surface area contributed by atoms with Crippen molar-refractivity contribution < 1.29 is 78.9 Å². The van der Waals surface area contributed by atoms with E-state index in [4.69, 9.17) is 0 Å². The maximum Gasteiger partial charge on any atom is 1.00 e. The molecule has 0 radical (unpaired) electrons. The van der Waals surface area contributed by atoms with Crippen molar-refractivity contribution in [2.75, 3.05) is 5.32 Å². The molecule has 0 unspecified atom stereocenters. The van der Waals surface area contributed by atoms with Crippen LogP contribution < -0.4 is 85.5 Å². The van der Waals surface area contributed by atoms with Gasteiger partial charge in [-0.2, -0.15) is 0 Å². The van der Waals surface area contributed by atoms with E-state index < -0.39 is 41.5 Å². The fourth-order valence-corrected chi connectivity index (χ4v) is 4.00. The number of hydrogen-bond acceptors (Lipinski definition) is 6. The van der Waals surface area contributed by atoms with Gasteiger partial charge in [0, 0.05) is 41.8 Å². The number of carbonyl (C=O) groups is 2. The van der Waals surface area contributed by atoms with Crippen LogP contribution in [0.2, 0.25) is 0 Å². The Morgan fingerprint density at radius 3 is 2.44 bits per heavy atom. The number of pyridine rings is 1. The summed E-state index contributed by atoms with van der Waals surface area (Å²) in [5.74, 6) is -1.97. The second-order valence-electron chi connectivity index (χ2n) is 6.66. The third-order valence-electron chi connectivity index (χ3n) is 4.39. The third kappa shape index (κ3) is 7.77. The Morgan fingerprint density at radius 2 is 1.78 bits per heavy atom. The number of aryl methyl sites for hydroxylation is 1. The zero-order valence-electron chi connectivity index (χ0n) is 18.1. The number of hydrogen-bond donors (Lipinski definition) is 2. The molecule has 0 bridgehead atoms. The van der Waals surface area contributed by atoms with Gasteiger partial charge in [-0.15, -0.1) is 11.3 Å². The van der Waals surface area contributed by atoms with Crippen LogP contribution in [0.25, 0.3) is 0 Å². The van der Waals surface area contributed by atoms with Gasteiger partial charge in [-0.25, -0.2) is 4.79 Å². The van der Waals surface area contributed by atoms with Crippen molar-refractivity contribution in [3.05, 3.63) is 80.4 Å². The largest absolute Gasteiger partial charge is 1.00 e. The Kier molecular flexibility index (Phi) is 11.7. The Morgan fingerprint density at radius 1 is 1.09 bits per heavy atom. The smallest absolute Gasteiger partial charge is 0.871 e. The van der Waals surface area contributed by atoms with Crippen molar-refractivity contribution >= 4 is 29.0 Å². The summed E-state index contributed by atoms with van der Waals surface area (Å²) in [6, 6.07) is 12.8. The number of carboxylic acid groups (broad SMARTS) is 1. The zero-order chi connectivity index (χ0) is 21.7. The van der Waals surface area contributed by atoms with E-state index in [2.05, 4.69) is 10.6 Å². The number of nitrogens with zero attached hydrogens (tertiary/aromatic N) is 1. The molecule has 11 heteroatoms. The second-order valence-corrected chi connectivity index (χ2v) is 7.86. The second kappa shape index (κ2) is 13.2. The van der Waals surface area contributed by atoms with Gasteiger partial charge < -0.3 is 30.2 Å². The predicted molar refractivity (Wildman–Crippen MR) is 109 cm³/mol. The van der Waals surface area contributed by atoms with Gasteiger partial charge in [0.15, 0.2) is 0 Å². The molecule has 2 aromatic heterocycles. The van der Waals surface area contributed by atoms with Gasteiger partial charge in [0.1, 0.15) is 5.69 Å². The molecule has 32 heavy (non-hydrogen) atoms. The first-order chi connectivity index (χ1) is 14.3. The van der Waals surface area contributed by atoms with Crippen molar-refractivity contribution in [3.63, 3.8) is 0 Å². The van der Waals surface area contributed by atoms with Gasteiger partial charge in [-0.1, -0.05) is 42.1 Å². The van der Waals surface area contributed by atoms with Crippen LogP contribution in [-0.2, 0) is 18.3 Å². The summed E-state index contributed by atoms with van der Waals surface area (Å²) < 4.78 is 1.16. The number of nitrogens with one attached hydrogen (secondary N) is 2. The van der Waals surface area contributed by atoms with Crippen molar-refractivity contribution in [2.24, 2.45) is 7.05 Å². The first-order valence-corrected chi connectivity index (χ1v) is 9.91. The van der Waals surface area contributed by atoms with Crippen molar-refractivity contribution in [1.82, 2.24) is 9.88 Å². The fourth-order valence-electron chi connectivity index (χ4n) is 2.90. The maximum absolute atomic E-state index is 12.4. The third-order valence-corrected chi connectivity index (χ3v) is 5.59. The van der Waals surface area contributed by atoms with Crippen LogP contribution in [0.15, 0.2) is 59.5 Å². The Bertz CT molecular complexity index is 1120. The molecule has 0 aliphatic carbocycles. The number of carboxylic acids is 1. The van der Waals surface area contributed by atoms with Crippen LogP contribution in [0.4, 0.5) is 10.5 Å². The number of amides is 2. The SMILES string of the molecule is Cn1ccc([O-])c(NC(=O)N[C@@H](CC(=O)[O-])c2ccc(Cc3ccccc3)s2)c1=O.[Na+].[Na+]. The number of carbonyl (C=O) groups excluding carboxylic acids is 2. The summed E-state index contributed by atoms with van der Waals surface area (Å²) in [4.78, 5) is 37.2. The Labute approximate surface area is 233 Å². The molecule has 1 aromatic carbocycles. The van der Waals surface area contributed by atoms with E-state index >= 15 is 0 Å².